The van der Waals surface area contributed by atoms with Crippen LogP contribution in [0.4, 0.5) is 10.3 Å². The van der Waals surface area contributed by atoms with E-state index in [0.717, 1.165) is 38.9 Å². The molecule has 5 aromatic rings. The number of rotatable bonds is 11. The van der Waals surface area contributed by atoms with E-state index in [9.17, 15) is 14.4 Å². The average molecular weight is 725 g/mol. The summed E-state index contributed by atoms with van der Waals surface area (Å²) in [7, 11) is 0. The zero-order valence-corrected chi connectivity index (χ0v) is 29.1. The normalized spacial score (nSPS) is 15.2. The number of hydrogen-bond acceptors (Lipinski definition) is 8. The Bertz CT molecular complexity index is 2290. The number of nitrogens with zero attached hydrogens (tertiary/aromatic N) is 2. The number of hydroxylamine groups is 2. The number of fused-ring (bicyclic) bond motifs is 4. The maximum absolute atomic E-state index is 16.3. The third kappa shape index (κ3) is 7.38. The zero-order valence-electron chi connectivity index (χ0n) is 29.1. The highest BCUT2D eigenvalue weighted by molar-refractivity contribution is 5.94. The molecular weight excluding hydrogens is 687 g/mol. The predicted octanol–water partition coefficient (Wildman–Crippen LogP) is 7.39. The van der Waals surface area contributed by atoms with E-state index >= 15 is 4.39 Å². The van der Waals surface area contributed by atoms with Gasteiger partial charge in [-0.25, -0.2) is 25.3 Å². The minimum Gasteiger partial charge on any atom is -0.345 e. The van der Waals surface area contributed by atoms with E-state index in [2.05, 4.69) is 20.6 Å². The van der Waals surface area contributed by atoms with Crippen LogP contribution in [0.3, 0.4) is 0 Å². The number of aromatic nitrogens is 2. The largest absolute Gasteiger partial charge is 0.345 e. The maximum Gasteiger partial charge on any atom is 0.277 e. The predicted molar refractivity (Wildman–Crippen MR) is 202 cm³/mol. The summed E-state index contributed by atoms with van der Waals surface area (Å²) < 4.78 is 16.3. The van der Waals surface area contributed by atoms with Crippen LogP contribution < -0.4 is 21.6 Å². The van der Waals surface area contributed by atoms with Crippen molar-refractivity contribution in [2.45, 2.75) is 44.2 Å². The molecule has 11 nitrogen and oxygen atoms in total. The van der Waals surface area contributed by atoms with Gasteiger partial charge in [-0.2, -0.15) is 0 Å². The molecule has 12 heteroatoms. The molecule has 4 aromatic carbocycles. The number of anilines is 1. The minimum absolute atomic E-state index is 0.0684. The van der Waals surface area contributed by atoms with E-state index in [1.807, 2.05) is 84.9 Å². The third-order valence-corrected chi connectivity index (χ3v) is 9.76. The Kier molecular flexibility index (Phi) is 10.7. The Morgan fingerprint density at radius 2 is 1.24 bits per heavy atom. The van der Waals surface area contributed by atoms with Gasteiger partial charge in [-0.3, -0.25) is 24.8 Å². The van der Waals surface area contributed by atoms with Crippen LogP contribution in [0.1, 0.15) is 99.1 Å². The lowest BCUT2D eigenvalue weighted by Crippen LogP contribution is -2.30. The van der Waals surface area contributed by atoms with Crippen molar-refractivity contribution in [1.29, 1.82) is 0 Å². The molecule has 0 saturated carbocycles. The summed E-state index contributed by atoms with van der Waals surface area (Å²) in [5.74, 6) is -1.53. The first-order valence-corrected chi connectivity index (χ1v) is 17.6. The molecule has 6 N–H and O–H groups in total. The van der Waals surface area contributed by atoms with Crippen LogP contribution in [0.25, 0.3) is 35.2 Å². The highest BCUT2D eigenvalue weighted by Gasteiger charge is 2.29. The highest BCUT2D eigenvalue weighted by atomic mass is 19.1. The summed E-state index contributed by atoms with van der Waals surface area (Å²) >= 11 is 0. The first-order chi connectivity index (χ1) is 26.4. The Morgan fingerprint density at radius 1 is 0.630 bits per heavy atom. The SMILES string of the molecule is O=C(CCCCCC(=O)NC1c2ccccc2C=Cc2c(-c3cccc4c3C=C(F)c3ccccc3C4Nc3ncc(C(=O)NO)cn3)cccc21)NO. The number of amides is 3. The lowest BCUT2D eigenvalue weighted by Gasteiger charge is -2.25. The van der Waals surface area contributed by atoms with Gasteiger partial charge in [0, 0.05) is 30.8 Å². The third-order valence-electron chi connectivity index (χ3n) is 9.76. The summed E-state index contributed by atoms with van der Waals surface area (Å²) in [5.41, 5.74) is 11.1. The summed E-state index contributed by atoms with van der Waals surface area (Å²) in [4.78, 5) is 45.3. The smallest absolute Gasteiger partial charge is 0.277 e. The Hall–Kier alpha value is -6.50. The van der Waals surface area contributed by atoms with Crippen LogP contribution in [0.5, 0.6) is 0 Å². The molecule has 1 heterocycles. The molecule has 7 rings (SSSR count). The van der Waals surface area contributed by atoms with Gasteiger partial charge < -0.3 is 10.6 Å². The molecule has 0 aliphatic heterocycles. The molecule has 0 fully saturated rings. The van der Waals surface area contributed by atoms with Gasteiger partial charge in [0.15, 0.2) is 0 Å². The molecule has 3 amide bonds. The number of hydrogen-bond donors (Lipinski definition) is 6. The Morgan fingerprint density at radius 3 is 1.96 bits per heavy atom. The number of unbranched alkanes of at least 4 members (excludes halogenated alkanes) is 2. The second-order valence-corrected chi connectivity index (χ2v) is 13.1. The van der Waals surface area contributed by atoms with Crippen molar-refractivity contribution in [2.24, 2.45) is 0 Å². The summed E-state index contributed by atoms with van der Waals surface area (Å²) in [5, 5.41) is 24.4. The number of halogens is 1. The quantitative estimate of drug-likeness (QED) is 0.0466. The Labute approximate surface area is 310 Å². The molecule has 0 bridgehead atoms. The standard InChI is InChI=1S/C42H37FN6O5/c43-36-22-35-29(15-9-17-34(35)40(33-13-7-6-12-31(33)36)47-42-44-23-26(24-45-42)41(52)49-54)28-14-8-16-32-30(28)21-20-25-10-4-5-11-27(25)39(32)46-37(50)18-2-1-3-19-38(51)48-53/h4-17,20-24,39-40,53-54H,1-3,18-19H2,(H,46,50)(H,48,51)(H,49,52)(H,44,45,47). The van der Waals surface area contributed by atoms with Crippen molar-refractivity contribution >= 4 is 47.7 Å². The molecule has 2 atom stereocenters. The van der Waals surface area contributed by atoms with Gasteiger partial charge >= 0.3 is 0 Å². The van der Waals surface area contributed by atoms with Gasteiger partial charge in [-0.1, -0.05) is 104 Å². The molecule has 54 heavy (non-hydrogen) atoms. The maximum atomic E-state index is 16.3. The molecule has 0 spiro atoms. The van der Waals surface area contributed by atoms with E-state index in [1.165, 1.54) is 12.4 Å². The average Bonchev–Trinajstić information content (AvgIpc) is 3.43. The summed E-state index contributed by atoms with van der Waals surface area (Å²) in [6.45, 7) is 0. The van der Waals surface area contributed by atoms with Gasteiger partial charge in [0.1, 0.15) is 5.83 Å². The van der Waals surface area contributed by atoms with E-state index < -0.39 is 29.7 Å². The van der Waals surface area contributed by atoms with E-state index in [4.69, 9.17) is 10.4 Å². The fraction of sp³-hybridized carbons (Fsp3) is 0.167. The monoisotopic (exact) mass is 724 g/mol. The molecule has 272 valence electrons. The van der Waals surface area contributed by atoms with Crippen LogP contribution in [0, 0.1) is 0 Å². The topological polar surface area (TPSA) is 166 Å². The molecule has 1 aromatic heterocycles. The second kappa shape index (κ2) is 16.0. The van der Waals surface area contributed by atoms with Crippen LogP contribution in [-0.4, -0.2) is 38.1 Å². The molecule has 2 aliphatic rings. The second-order valence-electron chi connectivity index (χ2n) is 13.1. The van der Waals surface area contributed by atoms with Crippen LogP contribution in [0.15, 0.2) is 97.3 Å². The van der Waals surface area contributed by atoms with Gasteiger partial charge in [0.2, 0.25) is 17.8 Å². The first-order valence-electron chi connectivity index (χ1n) is 17.6. The summed E-state index contributed by atoms with van der Waals surface area (Å²) in [6.07, 6.45) is 10.5. The van der Waals surface area contributed by atoms with E-state index in [1.54, 1.807) is 29.2 Å². The van der Waals surface area contributed by atoms with Gasteiger partial charge in [-0.15, -0.1) is 0 Å². The number of carbonyl (C=O) groups excluding carboxylic acids is 3. The van der Waals surface area contributed by atoms with Crippen molar-refractivity contribution in [3.63, 3.8) is 0 Å². The van der Waals surface area contributed by atoms with E-state index in [-0.39, 0.29) is 30.3 Å². The van der Waals surface area contributed by atoms with Crippen molar-refractivity contribution in [2.75, 3.05) is 5.32 Å². The lowest BCUT2D eigenvalue weighted by molar-refractivity contribution is -0.129. The molecule has 0 saturated heterocycles. The first kappa shape index (κ1) is 35.9. The van der Waals surface area contributed by atoms with Gasteiger partial charge in [-0.05, 0) is 69.0 Å². The fourth-order valence-corrected chi connectivity index (χ4v) is 7.15. The fourth-order valence-electron chi connectivity index (χ4n) is 7.15. The molecule has 0 radical (unpaired) electrons. The Balaban J connectivity index is 1.28. The van der Waals surface area contributed by atoms with Crippen LogP contribution in [0.2, 0.25) is 0 Å². The lowest BCUT2D eigenvalue weighted by atomic mass is 9.85. The van der Waals surface area contributed by atoms with Gasteiger partial charge in [0.25, 0.3) is 5.91 Å². The molecule has 2 aliphatic carbocycles. The zero-order chi connectivity index (χ0) is 37.6. The molecule has 2 unspecified atom stereocenters. The highest BCUT2D eigenvalue weighted by Crippen LogP contribution is 2.44. The minimum atomic E-state index is -0.745. The summed E-state index contributed by atoms with van der Waals surface area (Å²) in [6, 6.07) is 25.8. The number of benzene rings is 4. The number of carbonyl (C=O) groups is 3. The van der Waals surface area contributed by atoms with Crippen molar-refractivity contribution in [1.82, 2.24) is 26.2 Å². The molecular formula is C42H37FN6O5. The van der Waals surface area contributed by atoms with Crippen molar-refractivity contribution in [3.8, 4) is 11.1 Å². The van der Waals surface area contributed by atoms with Crippen molar-refractivity contribution < 1.29 is 29.2 Å². The number of nitrogens with one attached hydrogen (secondary N) is 4. The van der Waals surface area contributed by atoms with Crippen molar-refractivity contribution in [3.05, 3.63) is 147 Å². The van der Waals surface area contributed by atoms with Crippen LogP contribution in [-0.2, 0) is 9.59 Å². The van der Waals surface area contributed by atoms with Gasteiger partial charge in [0.05, 0.1) is 17.6 Å². The van der Waals surface area contributed by atoms with E-state index in [0.29, 0.717) is 36.0 Å². The van der Waals surface area contributed by atoms with Crippen LogP contribution >= 0.6 is 0 Å².